The molecular weight excluding hydrogens is 236 g/mol. The van der Waals surface area contributed by atoms with Gasteiger partial charge in [-0.3, -0.25) is 4.79 Å². The molecule has 1 aliphatic rings. The van der Waals surface area contributed by atoms with Gasteiger partial charge in [0.25, 0.3) is 0 Å². The van der Waals surface area contributed by atoms with Gasteiger partial charge >= 0.3 is 0 Å². The predicted octanol–water partition coefficient (Wildman–Crippen LogP) is 2.62. The van der Waals surface area contributed by atoms with Crippen LogP contribution in [0.5, 0.6) is 0 Å². The molecule has 0 bridgehead atoms. The summed E-state index contributed by atoms with van der Waals surface area (Å²) in [7, 11) is 0. The molecule has 102 valence electrons. The van der Waals surface area contributed by atoms with Gasteiger partial charge in [0, 0.05) is 13.0 Å². The largest absolute Gasteiger partial charge is 0.349 e. The first-order chi connectivity index (χ1) is 7.65. The Morgan fingerprint density at radius 2 is 1.82 bits per heavy atom. The molecule has 1 fully saturated rings. The SMILES string of the molecule is CCC(CC)CC(=O)NC1(CN)CCCC1.Cl. The maximum Gasteiger partial charge on any atom is 0.220 e. The van der Waals surface area contributed by atoms with E-state index in [1.165, 1.54) is 12.8 Å². The highest BCUT2D eigenvalue weighted by molar-refractivity contribution is 5.85. The number of amides is 1. The molecule has 1 aliphatic carbocycles. The summed E-state index contributed by atoms with van der Waals surface area (Å²) in [4.78, 5) is 11.9. The molecule has 0 aromatic rings. The third-order valence-electron chi connectivity index (χ3n) is 3.98. The van der Waals surface area contributed by atoms with E-state index in [4.69, 9.17) is 5.73 Å². The first-order valence-corrected chi connectivity index (χ1v) is 6.67. The molecule has 1 amide bonds. The standard InChI is InChI=1S/C13H26N2O.ClH/c1-3-11(4-2)9-12(16)15-13(10-14)7-5-6-8-13;/h11H,3-10,14H2,1-2H3,(H,15,16);1H. The molecule has 3 N–H and O–H groups in total. The molecule has 0 saturated heterocycles. The molecule has 0 radical (unpaired) electrons. The summed E-state index contributed by atoms with van der Waals surface area (Å²) in [5, 5.41) is 3.18. The van der Waals surface area contributed by atoms with Crippen LogP contribution in [0.25, 0.3) is 0 Å². The van der Waals surface area contributed by atoms with E-state index in [2.05, 4.69) is 19.2 Å². The van der Waals surface area contributed by atoms with Gasteiger partial charge in [-0.05, 0) is 18.8 Å². The highest BCUT2D eigenvalue weighted by Crippen LogP contribution is 2.29. The first-order valence-electron chi connectivity index (χ1n) is 6.67. The van der Waals surface area contributed by atoms with Gasteiger partial charge < -0.3 is 11.1 Å². The van der Waals surface area contributed by atoms with Crippen LogP contribution >= 0.6 is 12.4 Å². The maximum atomic E-state index is 11.9. The van der Waals surface area contributed by atoms with Crippen LogP contribution in [0, 0.1) is 5.92 Å². The van der Waals surface area contributed by atoms with E-state index < -0.39 is 0 Å². The number of hydrogen-bond acceptors (Lipinski definition) is 2. The zero-order chi connectivity index (χ0) is 12.0. The lowest BCUT2D eigenvalue weighted by Gasteiger charge is -2.29. The van der Waals surface area contributed by atoms with Crippen LogP contribution in [0.1, 0.15) is 58.8 Å². The van der Waals surface area contributed by atoms with Crippen LogP contribution in [-0.2, 0) is 4.79 Å². The maximum absolute atomic E-state index is 11.9. The predicted molar refractivity (Wildman–Crippen MR) is 74.3 cm³/mol. The number of hydrogen-bond donors (Lipinski definition) is 2. The van der Waals surface area contributed by atoms with Crippen molar-refractivity contribution < 1.29 is 4.79 Å². The molecular formula is C13H27ClN2O. The molecule has 17 heavy (non-hydrogen) atoms. The topological polar surface area (TPSA) is 55.1 Å². The average molecular weight is 263 g/mol. The normalized spacial score (nSPS) is 17.9. The lowest BCUT2D eigenvalue weighted by molar-refractivity contribution is -0.123. The van der Waals surface area contributed by atoms with E-state index >= 15 is 0 Å². The Bertz CT molecular complexity index is 223. The molecule has 0 unspecified atom stereocenters. The smallest absolute Gasteiger partial charge is 0.220 e. The number of nitrogens with two attached hydrogens (primary N) is 1. The third kappa shape index (κ3) is 4.84. The van der Waals surface area contributed by atoms with Crippen molar-refractivity contribution in [1.82, 2.24) is 5.32 Å². The molecule has 4 heteroatoms. The fourth-order valence-corrected chi connectivity index (χ4v) is 2.62. The zero-order valence-electron chi connectivity index (χ0n) is 11.1. The van der Waals surface area contributed by atoms with Crippen LogP contribution in [0.2, 0.25) is 0 Å². The Morgan fingerprint density at radius 3 is 2.24 bits per heavy atom. The van der Waals surface area contributed by atoms with Crippen LogP contribution in [0.3, 0.4) is 0 Å². The van der Waals surface area contributed by atoms with Gasteiger partial charge in [0.2, 0.25) is 5.91 Å². The number of rotatable bonds is 6. The molecule has 0 aromatic carbocycles. The summed E-state index contributed by atoms with van der Waals surface area (Å²) in [5.41, 5.74) is 5.72. The second kappa shape index (κ2) is 7.93. The number of carbonyl (C=O) groups is 1. The van der Waals surface area contributed by atoms with Gasteiger partial charge in [0.05, 0.1) is 5.54 Å². The minimum atomic E-state index is -0.0802. The van der Waals surface area contributed by atoms with Crippen molar-refractivity contribution >= 4 is 18.3 Å². The van der Waals surface area contributed by atoms with Crippen LogP contribution in [0.15, 0.2) is 0 Å². The van der Waals surface area contributed by atoms with E-state index in [1.807, 2.05) is 0 Å². The molecule has 0 heterocycles. The summed E-state index contributed by atoms with van der Waals surface area (Å²) >= 11 is 0. The fraction of sp³-hybridized carbons (Fsp3) is 0.923. The molecule has 0 aliphatic heterocycles. The third-order valence-corrected chi connectivity index (χ3v) is 3.98. The summed E-state index contributed by atoms with van der Waals surface area (Å²) in [6, 6.07) is 0. The minimum Gasteiger partial charge on any atom is -0.349 e. The van der Waals surface area contributed by atoms with Crippen molar-refractivity contribution in [3.63, 3.8) is 0 Å². The molecule has 3 nitrogen and oxygen atoms in total. The summed E-state index contributed by atoms with van der Waals surface area (Å²) in [6.45, 7) is 4.88. The Balaban J connectivity index is 0.00000256. The Morgan fingerprint density at radius 1 is 1.29 bits per heavy atom. The molecule has 0 aromatic heterocycles. The highest BCUT2D eigenvalue weighted by atomic mass is 35.5. The monoisotopic (exact) mass is 262 g/mol. The van der Waals surface area contributed by atoms with E-state index in [-0.39, 0.29) is 23.9 Å². The second-order valence-corrected chi connectivity index (χ2v) is 5.13. The fourth-order valence-electron chi connectivity index (χ4n) is 2.62. The van der Waals surface area contributed by atoms with Crippen LogP contribution < -0.4 is 11.1 Å². The molecule has 0 spiro atoms. The van der Waals surface area contributed by atoms with Gasteiger partial charge in [0.15, 0.2) is 0 Å². The van der Waals surface area contributed by atoms with E-state index in [0.717, 1.165) is 25.7 Å². The van der Waals surface area contributed by atoms with Crippen LogP contribution in [-0.4, -0.2) is 18.0 Å². The van der Waals surface area contributed by atoms with Gasteiger partial charge in [-0.1, -0.05) is 39.5 Å². The van der Waals surface area contributed by atoms with Crippen LogP contribution in [0.4, 0.5) is 0 Å². The Kier molecular flexibility index (Phi) is 7.80. The molecule has 0 atom stereocenters. The van der Waals surface area contributed by atoms with Gasteiger partial charge in [-0.25, -0.2) is 0 Å². The Hall–Kier alpha value is -0.280. The summed E-state index contributed by atoms with van der Waals surface area (Å²) in [6.07, 6.45) is 7.33. The van der Waals surface area contributed by atoms with Crippen molar-refractivity contribution in [2.75, 3.05) is 6.54 Å². The van der Waals surface area contributed by atoms with E-state index in [0.29, 0.717) is 18.9 Å². The van der Waals surface area contributed by atoms with Crippen molar-refractivity contribution in [1.29, 1.82) is 0 Å². The second-order valence-electron chi connectivity index (χ2n) is 5.13. The average Bonchev–Trinajstić information content (AvgIpc) is 2.75. The zero-order valence-corrected chi connectivity index (χ0v) is 11.9. The first kappa shape index (κ1) is 16.7. The van der Waals surface area contributed by atoms with E-state index in [9.17, 15) is 4.79 Å². The van der Waals surface area contributed by atoms with Crippen molar-refractivity contribution in [3.8, 4) is 0 Å². The summed E-state index contributed by atoms with van der Waals surface area (Å²) in [5.74, 6) is 0.720. The van der Waals surface area contributed by atoms with Crippen molar-refractivity contribution in [2.45, 2.75) is 64.3 Å². The van der Waals surface area contributed by atoms with Crippen molar-refractivity contribution in [3.05, 3.63) is 0 Å². The summed E-state index contributed by atoms with van der Waals surface area (Å²) < 4.78 is 0. The Labute approximate surface area is 111 Å². The number of nitrogens with one attached hydrogen (secondary N) is 1. The molecule has 1 rings (SSSR count). The lowest BCUT2D eigenvalue weighted by Crippen LogP contribution is -2.51. The molecule has 1 saturated carbocycles. The number of halogens is 1. The minimum absolute atomic E-state index is 0. The quantitative estimate of drug-likeness (QED) is 0.773. The highest BCUT2D eigenvalue weighted by Gasteiger charge is 2.33. The van der Waals surface area contributed by atoms with Gasteiger partial charge in [0.1, 0.15) is 0 Å². The van der Waals surface area contributed by atoms with Gasteiger partial charge in [-0.2, -0.15) is 0 Å². The lowest BCUT2D eigenvalue weighted by atomic mass is 9.95. The van der Waals surface area contributed by atoms with Gasteiger partial charge in [-0.15, -0.1) is 12.4 Å². The van der Waals surface area contributed by atoms with Crippen molar-refractivity contribution in [2.24, 2.45) is 11.7 Å². The van der Waals surface area contributed by atoms with E-state index in [1.54, 1.807) is 0 Å². The number of carbonyl (C=O) groups excluding carboxylic acids is 1.